The normalized spacial score (nSPS) is 11.0. The topological polar surface area (TPSA) is 25.2 Å². The monoisotopic (exact) mass is 343 g/mol. The highest BCUT2D eigenvalue weighted by atomic mass is 79.9. The fraction of sp³-hybridized carbons (Fsp3) is 0.222. The Kier molecular flexibility index (Phi) is 4.02. The van der Waals surface area contributed by atoms with E-state index >= 15 is 0 Å². The first kappa shape index (κ1) is 14.2. The number of anilines is 1. The standard InChI is InChI=1S/C18H18BrNO/c1-3-17-15(14-6-4-5-7-18(14)21-17)11-20-13-9-8-12(2)16(19)10-13/h4-10,20H,3,11H2,1-2H3. The minimum atomic E-state index is 0.773. The van der Waals surface area contributed by atoms with Gasteiger partial charge in [0.15, 0.2) is 0 Å². The second kappa shape index (κ2) is 5.94. The molecule has 0 aliphatic heterocycles. The number of para-hydroxylation sites is 1. The molecule has 2 nitrogen and oxygen atoms in total. The summed E-state index contributed by atoms with van der Waals surface area (Å²) in [6.45, 7) is 4.99. The lowest BCUT2D eigenvalue weighted by atomic mass is 10.1. The lowest BCUT2D eigenvalue weighted by Gasteiger charge is -2.08. The largest absolute Gasteiger partial charge is 0.461 e. The molecule has 3 aromatic rings. The van der Waals surface area contributed by atoms with Crippen LogP contribution in [-0.4, -0.2) is 0 Å². The van der Waals surface area contributed by atoms with Gasteiger partial charge in [-0.15, -0.1) is 0 Å². The van der Waals surface area contributed by atoms with E-state index in [1.54, 1.807) is 0 Å². The zero-order valence-corrected chi connectivity index (χ0v) is 13.8. The van der Waals surface area contributed by atoms with E-state index in [1.807, 2.05) is 12.1 Å². The third-order valence-corrected chi connectivity index (χ3v) is 4.60. The fourth-order valence-corrected chi connectivity index (χ4v) is 2.90. The Morgan fingerprint density at radius 3 is 2.71 bits per heavy atom. The minimum absolute atomic E-state index is 0.773. The molecule has 2 aromatic carbocycles. The van der Waals surface area contributed by atoms with Gasteiger partial charge >= 0.3 is 0 Å². The molecule has 108 valence electrons. The summed E-state index contributed by atoms with van der Waals surface area (Å²) in [5, 5.41) is 4.69. The molecule has 1 N–H and O–H groups in total. The van der Waals surface area contributed by atoms with Crippen molar-refractivity contribution in [3.05, 3.63) is 63.8 Å². The number of halogens is 1. The Morgan fingerprint density at radius 2 is 1.95 bits per heavy atom. The van der Waals surface area contributed by atoms with Gasteiger partial charge in [-0.2, -0.15) is 0 Å². The Morgan fingerprint density at radius 1 is 1.14 bits per heavy atom. The molecule has 0 spiro atoms. The van der Waals surface area contributed by atoms with Crippen molar-refractivity contribution in [3.8, 4) is 0 Å². The third kappa shape index (κ3) is 2.84. The van der Waals surface area contributed by atoms with Gasteiger partial charge in [0.2, 0.25) is 0 Å². The molecule has 3 heteroatoms. The van der Waals surface area contributed by atoms with Crippen molar-refractivity contribution >= 4 is 32.6 Å². The molecule has 1 aromatic heterocycles. The van der Waals surface area contributed by atoms with E-state index in [0.717, 1.165) is 34.5 Å². The van der Waals surface area contributed by atoms with Crippen molar-refractivity contribution in [1.29, 1.82) is 0 Å². The number of rotatable bonds is 4. The number of furan rings is 1. The number of hydrogen-bond donors (Lipinski definition) is 1. The van der Waals surface area contributed by atoms with Crippen LogP contribution in [0.25, 0.3) is 11.0 Å². The second-order valence-electron chi connectivity index (χ2n) is 5.17. The van der Waals surface area contributed by atoms with Gasteiger partial charge in [-0.05, 0) is 30.7 Å². The van der Waals surface area contributed by atoms with Crippen molar-refractivity contribution in [2.75, 3.05) is 5.32 Å². The lowest BCUT2D eigenvalue weighted by Crippen LogP contribution is -2.01. The van der Waals surface area contributed by atoms with E-state index in [9.17, 15) is 0 Å². The first-order chi connectivity index (χ1) is 10.2. The summed E-state index contributed by atoms with van der Waals surface area (Å²) in [6, 6.07) is 14.6. The quantitative estimate of drug-likeness (QED) is 0.659. The molecule has 0 fully saturated rings. The molecule has 0 saturated carbocycles. The highest BCUT2D eigenvalue weighted by molar-refractivity contribution is 9.10. The van der Waals surface area contributed by atoms with E-state index in [2.05, 4.69) is 65.4 Å². The molecule has 0 bridgehead atoms. The highest BCUT2D eigenvalue weighted by Gasteiger charge is 2.12. The number of fused-ring (bicyclic) bond motifs is 1. The average molecular weight is 344 g/mol. The molecule has 0 unspecified atom stereocenters. The number of hydrogen-bond acceptors (Lipinski definition) is 2. The Bertz CT molecular complexity index is 776. The van der Waals surface area contributed by atoms with Crippen LogP contribution in [0.1, 0.15) is 23.8 Å². The summed E-state index contributed by atoms with van der Waals surface area (Å²) in [7, 11) is 0. The summed E-state index contributed by atoms with van der Waals surface area (Å²) in [5.41, 5.74) is 4.57. The Hall–Kier alpha value is -1.74. The van der Waals surface area contributed by atoms with Gasteiger partial charge in [0.1, 0.15) is 11.3 Å². The van der Waals surface area contributed by atoms with E-state index in [-0.39, 0.29) is 0 Å². The van der Waals surface area contributed by atoms with Gasteiger partial charge in [0.05, 0.1) is 0 Å². The van der Waals surface area contributed by atoms with Gasteiger partial charge in [0.25, 0.3) is 0 Å². The molecule has 0 aliphatic rings. The highest BCUT2D eigenvalue weighted by Crippen LogP contribution is 2.28. The van der Waals surface area contributed by atoms with Crippen molar-refractivity contribution in [2.24, 2.45) is 0 Å². The molecule has 3 rings (SSSR count). The van der Waals surface area contributed by atoms with Gasteiger partial charge in [-0.25, -0.2) is 0 Å². The number of aryl methyl sites for hydroxylation is 2. The summed E-state index contributed by atoms with van der Waals surface area (Å²) in [6.07, 6.45) is 0.906. The van der Waals surface area contributed by atoms with Crippen LogP contribution in [0.4, 0.5) is 5.69 Å². The SMILES string of the molecule is CCc1oc2ccccc2c1CNc1ccc(C)c(Br)c1. The molecule has 0 amide bonds. The van der Waals surface area contributed by atoms with Gasteiger partial charge in [0, 0.05) is 34.1 Å². The van der Waals surface area contributed by atoms with Crippen LogP contribution in [0.5, 0.6) is 0 Å². The number of nitrogens with one attached hydrogen (secondary N) is 1. The maximum atomic E-state index is 5.93. The van der Waals surface area contributed by atoms with Crippen LogP contribution >= 0.6 is 15.9 Å². The summed E-state index contributed by atoms with van der Waals surface area (Å²) >= 11 is 3.57. The molecule has 0 aliphatic carbocycles. The lowest BCUT2D eigenvalue weighted by molar-refractivity contribution is 0.551. The van der Waals surface area contributed by atoms with Crippen LogP contribution in [0.15, 0.2) is 51.4 Å². The second-order valence-corrected chi connectivity index (χ2v) is 6.03. The maximum Gasteiger partial charge on any atom is 0.134 e. The first-order valence-electron chi connectivity index (χ1n) is 7.18. The first-order valence-corrected chi connectivity index (χ1v) is 7.97. The van der Waals surface area contributed by atoms with Crippen LogP contribution in [0.3, 0.4) is 0 Å². The maximum absolute atomic E-state index is 5.93. The average Bonchev–Trinajstić information content (AvgIpc) is 2.86. The number of benzene rings is 2. The molecule has 21 heavy (non-hydrogen) atoms. The van der Waals surface area contributed by atoms with E-state index in [1.165, 1.54) is 16.5 Å². The van der Waals surface area contributed by atoms with Crippen LogP contribution in [0, 0.1) is 6.92 Å². The summed E-state index contributed by atoms with van der Waals surface area (Å²) in [4.78, 5) is 0. The zero-order valence-electron chi connectivity index (χ0n) is 12.2. The van der Waals surface area contributed by atoms with E-state index in [0.29, 0.717) is 0 Å². The molecule has 0 radical (unpaired) electrons. The van der Waals surface area contributed by atoms with Crippen LogP contribution in [-0.2, 0) is 13.0 Å². The van der Waals surface area contributed by atoms with Crippen molar-refractivity contribution in [1.82, 2.24) is 0 Å². The molecule has 1 heterocycles. The fourth-order valence-electron chi connectivity index (χ4n) is 2.52. The molecular weight excluding hydrogens is 326 g/mol. The third-order valence-electron chi connectivity index (χ3n) is 3.74. The minimum Gasteiger partial charge on any atom is -0.461 e. The molecule has 0 atom stereocenters. The van der Waals surface area contributed by atoms with Gasteiger partial charge in [-0.1, -0.05) is 47.1 Å². The van der Waals surface area contributed by atoms with Crippen molar-refractivity contribution in [2.45, 2.75) is 26.8 Å². The predicted molar refractivity (Wildman–Crippen MR) is 91.8 cm³/mol. The summed E-state index contributed by atoms with van der Waals surface area (Å²) in [5.74, 6) is 1.06. The van der Waals surface area contributed by atoms with Crippen molar-refractivity contribution < 1.29 is 4.42 Å². The Labute approximate surface area is 133 Å². The van der Waals surface area contributed by atoms with Crippen molar-refractivity contribution in [3.63, 3.8) is 0 Å². The predicted octanol–water partition coefficient (Wildman–Crippen LogP) is 5.68. The van der Waals surface area contributed by atoms with E-state index in [4.69, 9.17) is 4.42 Å². The van der Waals surface area contributed by atoms with Gasteiger partial charge < -0.3 is 9.73 Å². The van der Waals surface area contributed by atoms with Crippen LogP contribution < -0.4 is 5.32 Å². The summed E-state index contributed by atoms with van der Waals surface area (Å²) < 4.78 is 7.06. The van der Waals surface area contributed by atoms with Gasteiger partial charge in [-0.3, -0.25) is 0 Å². The smallest absolute Gasteiger partial charge is 0.134 e. The zero-order chi connectivity index (χ0) is 14.8. The Balaban J connectivity index is 1.89. The molecular formula is C18H18BrNO. The van der Waals surface area contributed by atoms with E-state index < -0.39 is 0 Å². The molecule has 0 saturated heterocycles. The van der Waals surface area contributed by atoms with Crippen LogP contribution in [0.2, 0.25) is 0 Å².